The van der Waals surface area contributed by atoms with E-state index in [0.29, 0.717) is 24.5 Å². The van der Waals surface area contributed by atoms with E-state index in [1.54, 1.807) is 29.2 Å². The summed E-state index contributed by atoms with van der Waals surface area (Å²) in [6.45, 7) is 6.71. The fourth-order valence-electron chi connectivity index (χ4n) is 3.62. The number of aryl methyl sites for hydroxylation is 1. The molecule has 5 heteroatoms. The predicted molar refractivity (Wildman–Crippen MR) is 108 cm³/mol. The minimum absolute atomic E-state index is 0.126. The molecule has 0 saturated carbocycles. The second-order valence-corrected chi connectivity index (χ2v) is 6.81. The number of hydrogen-bond donors (Lipinski definition) is 1. The molecular formula is C23H25NO4. The van der Waals surface area contributed by atoms with E-state index < -0.39 is 17.7 Å². The Bertz CT molecular complexity index is 932. The average molecular weight is 379 g/mol. The van der Waals surface area contributed by atoms with E-state index >= 15 is 0 Å². The molecule has 1 N–H and O–H groups in total. The normalized spacial score (nSPS) is 18.5. The number of nitrogens with zero attached hydrogens (tertiary/aromatic N) is 1. The molecule has 1 atom stereocenters. The topological polar surface area (TPSA) is 66.8 Å². The van der Waals surface area contributed by atoms with Gasteiger partial charge in [0.1, 0.15) is 11.5 Å². The van der Waals surface area contributed by atoms with Crippen LogP contribution >= 0.6 is 0 Å². The predicted octanol–water partition coefficient (Wildman–Crippen LogP) is 4.23. The number of ketones is 1. The van der Waals surface area contributed by atoms with Crippen LogP contribution in [0.2, 0.25) is 0 Å². The molecule has 2 aromatic rings. The standard InChI is InChI=1S/C23H25NO4/c1-4-13-24-20(18-12-7-6-9-15(18)3)19(22(26)23(24)27)21(25)16-10-8-11-17(14-16)28-5-2/h6-12,14,20,25H,4-5,13H2,1-3H3/b21-19+. The quantitative estimate of drug-likeness (QED) is 0.463. The van der Waals surface area contributed by atoms with Crippen molar-refractivity contribution in [1.82, 2.24) is 4.90 Å². The van der Waals surface area contributed by atoms with E-state index in [0.717, 1.165) is 17.5 Å². The number of likely N-dealkylation sites (tertiary alicyclic amines) is 1. The zero-order chi connectivity index (χ0) is 20.3. The zero-order valence-corrected chi connectivity index (χ0v) is 16.4. The molecule has 5 nitrogen and oxygen atoms in total. The van der Waals surface area contributed by atoms with Crippen LogP contribution in [0.15, 0.2) is 54.1 Å². The first kappa shape index (κ1) is 19.7. The van der Waals surface area contributed by atoms with E-state index in [1.165, 1.54) is 0 Å². The molecule has 1 amide bonds. The average Bonchev–Trinajstić information content (AvgIpc) is 2.93. The van der Waals surface area contributed by atoms with Gasteiger partial charge in [-0.15, -0.1) is 0 Å². The van der Waals surface area contributed by atoms with Crippen molar-refractivity contribution in [3.8, 4) is 5.75 Å². The Balaban J connectivity index is 2.19. The van der Waals surface area contributed by atoms with Crippen molar-refractivity contribution in [3.05, 3.63) is 70.8 Å². The lowest BCUT2D eigenvalue weighted by atomic mass is 9.92. The first-order valence-corrected chi connectivity index (χ1v) is 9.56. The molecule has 1 saturated heterocycles. The maximum Gasteiger partial charge on any atom is 0.295 e. The first-order valence-electron chi connectivity index (χ1n) is 9.56. The molecule has 28 heavy (non-hydrogen) atoms. The fraction of sp³-hybridized carbons (Fsp3) is 0.304. The van der Waals surface area contributed by atoms with Crippen LogP contribution in [0.25, 0.3) is 5.76 Å². The van der Waals surface area contributed by atoms with Crippen LogP contribution < -0.4 is 4.74 Å². The van der Waals surface area contributed by atoms with Crippen LogP contribution in [0.1, 0.15) is 43.0 Å². The Morgan fingerprint density at radius 3 is 2.54 bits per heavy atom. The van der Waals surface area contributed by atoms with Gasteiger partial charge in [-0.2, -0.15) is 0 Å². The van der Waals surface area contributed by atoms with Crippen molar-refractivity contribution >= 4 is 17.4 Å². The Labute approximate surface area is 165 Å². The highest BCUT2D eigenvalue weighted by atomic mass is 16.5. The summed E-state index contributed by atoms with van der Waals surface area (Å²) >= 11 is 0. The molecule has 2 aromatic carbocycles. The highest BCUT2D eigenvalue weighted by Crippen LogP contribution is 2.40. The number of hydrogen-bond acceptors (Lipinski definition) is 4. The smallest absolute Gasteiger partial charge is 0.295 e. The van der Waals surface area contributed by atoms with Crippen molar-refractivity contribution in [3.63, 3.8) is 0 Å². The number of ether oxygens (including phenoxy) is 1. The van der Waals surface area contributed by atoms with Gasteiger partial charge < -0.3 is 14.7 Å². The van der Waals surface area contributed by atoms with Gasteiger partial charge in [0.25, 0.3) is 11.7 Å². The molecule has 0 aromatic heterocycles. The molecule has 0 aliphatic carbocycles. The highest BCUT2D eigenvalue weighted by Gasteiger charge is 2.46. The van der Waals surface area contributed by atoms with E-state index in [9.17, 15) is 14.7 Å². The molecule has 0 bridgehead atoms. The van der Waals surface area contributed by atoms with Crippen LogP contribution in [0.5, 0.6) is 5.75 Å². The summed E-state index contributed by atoms with van der Waals surface area (Å²) < 4.78 is 5.50. The Morgan fingerprint density at radius 1 is 1.11 bits per heavy atom. The van der Waals surface area contributed by atoms with Gasteiger partial charge in [0.15, 0.2) is 0 Å². The first-order chi connectivity index (χ1) is 13.5. The van der Waals surface area contributed by atoms with Gasteiger partial charge in [0, 0.05) is 12.1 Å². The number of benzene rings is 2. The lowest BCUT2D eigenvalue weighted by Crippen LogP contribution is -2.30. The van der Waals surface area contributed by atoms with Gasteiger partial charge in [-0.05, 0) is 43.5 Å². The van der Waals surface area contributed by atoms with Crippen molar-refractivity contribution in [1.29, 1.82) is 0 Å². The Hall–Kier alpha value is -3.08. The van der Waals surface area contributed by atoms with Gasteiger partial charge in [0.05, 0.1) is 18.2 Å². The number of amides is 1. The largest absolute Gasteiger partial charge is 0.507 e. The number of carbonyl (C=O) groups is 2. The minimum atomic E-state index is -0.652. The number of aliphatic hydroxyl groups is 1. The number of rotatable bonds is 6. The van der Waals surface area contributed by atoms with Crippen LogP contribution in [-0.4, -0.2) is 34.8 Å². The van der Waals surface area contributed by atoms with Crippen LogP contribution in [0.3, 0.4) is 0 Å². The maximum absolute atomic E-state index is 12.9. The van der Waals surface area contributed by atoms with Crippen molar-refractivity contribution in [2.24, 2.45) is 0 Å². The third-order valence-electron chi connectivity index (χ3n) is 4.91. The van der Waals surface area contributed by atoms with Crippen molar-refractivity contribution in [2.75, 3.05) is 13.2 Å². The molecule has 3 rings (SSSR count). The second-order valence-electron chi connectivity index (χ2n) is 6.81. The molecule has 1 aliphatic heterocycles. The van der Waals surface area contributed by atoms with Gasteiger partial charge >= 0.3 is 0 Å². The SMILES string of the molecule is CCCN1C(=O)C(=O)/C(=C(/O)c2cccc(OCC)c2)C1c1ccccc1C. The maximum atomic E-state index is 12.9. The third-order valence-corrected chi connectivity index (χ3v) is 4.91. The Kier molecular flexibility index (Phi) is 5.83. The lowest BCUT2D eigenvalue weighted by Gasteiger charge is -2.26. The summed E-state index contributed by atoms with van der Waals surface area (Å²) in [6.07, 6.45) is 0.718. The summed E-state index contributed by atoms with van der Waals surface area (Å²) in [4.78, 5) is 27.1. The lowest BCUT2D eigenvalue weighted by molar-refractivity contribution is -0.139. The fourth-order valence-corrected chi connectivity index (χ4v) is 3.62. The molecular weight excluding hydrogens is 354 g/mol. The third kappa shape index (κ3) is 3.52. The molecule has 0 radical (unpaired) electrons. The molecule has 146 valence electrons. The van der Waals surface area contributed by atoms with Crippen molar-refractivity contribution < 1.29 is 19.4 Å². The molecule has 0 spiro atoms. The van der Waals surface area contributed by atoms with Crippen LogP contribution in [0.4, 0.5) is 0 Å². The number of aliphatic hydroxyl groups excluding tert-OH is 1. The molecule has 1 heterocycles. The van der Waals surface area contributed by atoms with E-state index in [1.807, 2.05) is 45.0 Å². The minimum Gasteiger partial charge on any atom is -0.507 e. The highest BCUT2D eigenvalue weighted by molar-refractivity contribution is 6.46. The van der Waals surface area contributed by atoms with Gasteiger partial charge in [0.2, 0.25) is 0 Å². The molecule has 1 unspecified atom stereocenters. The van der Waals surface area contributed by atoms with Gasteiger partial charge in [-0.3, -0.25) is 9.59 Å². The second kappa shape index (κ2) is 8.30. The summed E-state index contributed by atoms with van der Waals surface area (Å²) in [6, 6.07) is 14.0. The van der Waals surface area contributed by atoms with E-state index in [4.69, 9.17) is 4.74 Å². The summed E-state index contributed by atoms with van der Waals surface area (Å²) in [5.74, 6) is -0.799. The summed E-state index contributed by atoms with van der Waals surface area (Å²) in [5, 5.41) is 11.0. The molecule has 1 aliphatic rings. The number of Topliss-reactive ketones (excluding diaryl/α,β-unsaturated/α-hetero) is 1. The number of carbonyl (C=O) groups excluding carboxylic acids is 2. The van der Waals surface area contributed by atoms with Gasteiger partial charge in [-0.1, -0.05) is 43.3 Å². The van der Waals surface area contributed by atoms with Crippen LogP contribution in [-0.2, 0) is 9.59 Å². The zero-order valence-electron chi connectivity index (χ0n) is 16.4. The molecule has 1 fully saturated rings. The summed E-state index contributed by atoms with van der Waals surface area (Å²) in [5.41, 5.74) is 2.39. The van der Waals surface area contributed by atoms with Crippen LogP contribution in [0, 0.1) is 6.92 Å². The van der Waals surface area contributed by atoms with E-state index in [-0.39, 0.29) is 11.3 Å². The van der Waals surface area contributed by atoms with E-state index in [2.05, 4.69) is 0 Å². The van der Waals surface area contributed by atoms with Gasteiger partial charge in [-0.25, -0.2) is 0 Å². The summed E-state index contributed by atoms with van der Waals surface area (Å²) in [7, 11) is 0. The Morgan fingerprint density at radius 2 is 1.86 bits per heavy atom. The van der Waals surface area contributed by atoms with Crippen molar-refractivity contribution in [2.45, 2.75) is 33.2 Å². The monoisotopic (exact) mass is 379 g/mol.